The van der Waals surface area contributed by atoms with Crippen LogP contribution in [0, 0.1) is 0 Å². The second-order valence-electron chi connectivity index (χ2n) is 6.52. The standard InChI is InChI=1S/C20H21N5O/c1-24-18-8-3-2-7-17(18)19(23-24)20(26)25(16-9-12-21-13-10-16)14-15-6-4-5-11-22-15/h4-6,9-13H,2-3,7-8,14H2,1H3. The van der Waals surface area contributed by atoms with Crippen LogP contribution in [0.4, 0.5) is 5.69 Å². The number of carbonyl (C=O) groups is 1. The van der Waals surface area contributed by atoms with Crippen molar-refractivity contribution in [2.75, 3.05) is 4.90 Å². The Labute approximate surface area is 152 Å². The van der Waals surface area contributed by atoms with Gasteiger partial charge in [-0.3, -0.25) is 19.4 Å². The predicted octanol–water partition coefficient (Wildman–Crippen LogP) is 2.94. The number of aromatic nitrogens is 4. The van der Waals surface area contributed by atoms with Crippen molar-refractivity contribution >= 4 is 11.6 Å². The maximum absolute atomic E-state index is 13.4. The molecule has 0 saturated carbocycles. The summed E-state index contributed by atoms with van der Waals surface area (Å²) in [5.41, 5.74) is 4.49. The fraction of sp³-hybridized carbons (Fsp3) is 0.300. The number of hydrogen-bond donors (Lipinski definition) is 0. The first-order valence-corrected chi connectivity index (χ1v) is 8.90. The van der Waals surface area contributed by atoms with Gasteiger partial charge in [0, 0.05) is 42.6 Å². The van der Waals surface area contributed by atoms with Crippen LogP contribution >= 0.6 is 0 Å². The Balaban J connectivity index is 1.73. The van der Waals surface area contributed by atoms with Crippen molar-refractivity contribution in [3.8, 4) is 0 Å². The summed E-state index contributed by atoms with van der Waals surface area (Å²) in [5.74, 6) is -0.0828. The average Bonchev–Trinajstić information content (AvgIpc) is 3.04. The summed E-state index contributed by atoms with van der Waals surface area (Å²) in [7, 11) is 1.93. The van der Waals surface area contributed by atoms with Gasteiger partial charge in [0.05, 0.1) is 12.2 Å². The molecule has 1 amide bonds. The zero-order chi connectivity index (χ0) is 17.9. The molecule has 1 aliphatic rings. The summed E-state index contributed by atoms with van der Waals surface area (Å²) in [6.07, 6.45) is 9.30. The molecule has 3 aromatic heterocycles. The Hall–Kier alpha value is -3.02. The monoisotopic (exact) mass is 347 g/mol. The minimum atomic E-state index is -0.0828. The number of amides is 1. The van der Waals surface area contributed by atoms with E-state index in [9.17, 15) is 4.79 Å². The molecular formula is C20H21N5O. The normalized spacial score (nSPS) is 13.3. The van der Waals surface area contributed by atoms with E-state index in [1.165, 1.54) is 5.69 Å². The van der Waals surface area contributed by atoms with Gasteiger partial charge in [-0.2, -0.15) is 5.10 Å². The van der Waals surface area contributed by atoms with Crippen LogP contribution in [0.5, 0.6) is 0 Å². The third-order valence-electron chi connectivity index (χ3n) is 4.83. The van der Waals surface area contributed by atoms with Gasteiger partial charge in [-0.15, -0.1) is 0 Å². The van der Waals surface area contributed by atoms with E-state index in [-0.39, 0.29) is 5.91 Å². The van der Waals surface area contributed by atoms with Crippen LogP contribution in [0.3, 0.4) is 0 Å². The molecule has 4 rings (SSSR count). The van der Waals surface area contributed by atoms with Crippen LogP contribution in [0.15, 0.2) is 48.9 Å². The van der Waals surface area contributed by atoms with Gasteiger partial charge >= 0.3 is 0 Å². The molecule has 6 heteroatoms. The summed E-state index contributed by atoms with van der Waals surface area (Å²) < 4.78 is 1.87. The Morgan fingerprint density at radius 3 is 2.69 bits per heavy atom. The molecule has 0 bridgehead atoms. The minimum Gasteiger partial charge on any atom is -0.301 e. The molecule has 1 aliphatic carbocycles. The zero-order valence-electron chi connectivity index (χ0n) is 14.8. The number of hydrogen-bond acceptors (Lipinski definition) is 4. The largest absolute Gasteiger partial charge is 0.301 e. The summed E-state index contributed by atoms with van der Waals surface area (Å²) >= 11 is 0. The van der Waals surface area contributed by atoms with Gasteiger partial charge in [0.15, 0.2) is 5.69 Å². The van der Waals surface area contributed by atoms with E-state index in [1.807, 2.05) is 42.1 Å². The molecule has 0 spiro atoms. The molecule has 0 aromatic carbocycles. The summed E-state index contributed by atoms with van der Waals surface area (Å²) in [4.78, 5) is 23.6. The number of pyridine rings is 2. The third-order valence-corrected chi connectivity index (χ3v) is 4.83. The smallest absolute Gasteiger partial charge is 0.279 e. The van der Waals surface area contributed by atoms with Gasteiger partial charge in [0.1, 0.15) is 0 Å². The highest BCUT2D eigenvalue weighted by molar-refractivity contribution is 6.05. The Morgan fingerprint density at radius 1 is 1.12 bits per heavy atom. The number of anilines is 1. The van der Waals surface area contributed by atoms with Crippen molar-refractivity contribution in [2.45, 2.75) is 32.2 Å². The SMILES string of the molecule is Cn1nc(C(=O)N(Cc2ccccn2)c2ccncc2)c2c1CCCC2. The van der Waals surface area contributed by atoms with E-state index in [4.69, 9.17) is 0 Å². The van der Waals surface area contributed by atoms with Gasteiger partial charge in [0.25, 0.3) is 5.91 Å². The van der Waals surface area contributed by atoms with Gasteiger partial charge in [-0.05, 0) is 49.9 Å². The Bertz CT molecular complexity index is 905. The van der Waals surface area contributed by atoms with Crippen molar-refractivity contribution < 1.29 is 4.79 Å². The number of aryl methyl sites for hydroxylation is 1. The molecule has 132 valence electrons. The van der Waals surface area contributed by atoms with Gasteiger partial charge in [-0.1, -0.05) is 6.07 Å². The molecule has 3 heterocycles. The van der Waals surface area contributed by atoms with Crippen molar-refractivity contribution in [1.29, 1.82) is 0 Å². The van der Waals surface area contributed by atoms with Crippen molar-refractivity contribution in [3.05, 3.63) is 71.6 Å². The van der Waals surface area contributed by atoms with Crippen LogP contribution in [-0.4, -0.2) is 25.7 Å². The van der Waals surface area contributed by atoms with Crippen molar-refractivity contribution in [1.82, 2.24) is 19.7 Å². The lowest BCUT2D eigenvalue weighted by molar-refractivity contribution is 0.0978. The fourth-order valence-electron chi connectivity index (χ4n) is 3.53. The van der Waals surface area contributed by atoms with E-state index >= 15 is 0 Å². The Kier molecular flexibility index (Phi) is 4.48. The summed E-state index contributed by atoms with van der Waals surface area (Å²) in [6.45, 7) is 0.398. The van der Waals surface area contributed by atoms with E-state index in [1.54, 1.807) is 23.5 Å². The highest BCUT2D eigenvalue weighted by Gasteiger charge is 2.28. The summed E-state index contributed by atoms with van der Waals surface area (Å²) in [6, 6.07) is 9.42. The maximum Gasteiger partial charge on any atom is 0.279 e. The quantitative estimate of drug-likeness (QED) is 0.728. The maximum atomic E-state index is 13.4. The van der Waals surface area contributed by atoms with E-state index in [2.05, 4.69) is 15.1 Å². The number of fused-ring (bicyclic) bond motifs is 1. The van der Waals surface area contributed by atoms with E-state index in [0.717, 1.165) is 42.6 Å². The number of nitrogens with zero attached hydrogens (tertiary/aromatic N) is 5. The number of rotatable bonds is 4. The molecule has 0 saturated heterocycles. The molecule has 0 N–H and O–H groups in total. The van der Waals surface area contributed by atoms with Crippen LogP contribution < -0.4 is 4.90 Å². The second-order valence-corrected chi connectivity index (χ2v) is 6.52. The fourth-order valence-corrected chi connectivity index (χ4v) is 3.53. The molecule has 26 heavy (non-hydrogen) atoms. The minimum absolute atomic E-state index is 0.0828. The van der Waals surface area contributed by atoms with Crippen LogP contribution in [0.2, 0.25) is 0 Å². The third kappa shape index (κ3) is 3.10. The molecule has 0 atom stereocenters. The molecular weight excluding hydrogens is 326 g/mol. The van der Waals surface area contributed by atoms with E-state index in [0.29, 0.717) is 12.2 Å². The lowest BCUT2D eigenvalue weighted by Crippen LogP contribution is -2.32. The summed E-state index contributed by atoms with van der Waals surface area (Å²) in [5, 5.41) is 4.57. The molecule has 0 unspecified atom stereocenters. The highest BCUT2D eigenvalue weighted by atomic mass is 16.2. The van der Waals surface area contributed by atoms with Crippen LogP contribution in [0.25, 0.3) is 0 Å². The first-order valence-electron chi connectivity index (χ1n) is 8.90. The average molecular weight is 347 g/mol. The second kappa shape index (κ2) is 7.07. The van der Waals surface area contributed by atoms with Crippen LogP contribution in [-0.2, 0) is 26.4 Å². The van der Waals surface area contributed by atoms with Crippen LogP contribution in [0.1, 0.15) is 40.3 Å². The highest BCUT2D eigenvalue weighted by Crippen LogP contribution is 2.27. The zero-order valence-corrected chi connectivity index (χ0v) is 14.8. The topological polar surface area (TPSA) is 63.9 Å². The molecule has 3 aromatic rings. The van der Waals surface area contributed by atoms with Gasteiger partial charge < -0.3 is 4.90 Å². The van der Waals surface area contributed by atoms with Crippen molar-refractivity contribution in [2.24, 2.45) is 7.05 Å². The molecule has 0 aliphatic heterocycles. The Morgan fingerprint density at radius 2 is 1.92 bits per heavy atom. The number of carbonyl (C=O) groups excluding carboxylic acids is 1. The first kappa shape index (κ1) is 16.4. The molecule has 0 fully saturated rings. The first-order chi connectivity index (χ1) is 12.7. The van der Waals surface area contributed by atoms with Crippen molar-refractivity contribution in [3.63, 3.8) is 0 Å². The lowest BCUT2D eigenvalue weighted by Gasteiger charge is -2.22. The molecule has 6 nitrogen and oxygen atoms in total. The van der Waals surface area contributed by atoms with Gasteiger partial charge in [-0.25, -0.2) is 0 Å². The molecule has 0 radical (unpaired) electrons. The lowest BCUT2D eigenvalue weighted by atomic mass is 9.95. The van der Waals surface area contributed by atoms with E-state index < -0.39 is 0 Å². The van der Waals surface area contributed by atoms with Gasteiger partial charge in [0.2, 0.25) is 0 Å². The predicted molar refractivity (Wildman–Crippen MR) is 98.8 cm³/mol.